The van der Waals surface area contributed by atoms with Crippen molar-refractivity contribution in [1.82, 2.24) is 0 Å². The maximum Gasteiger partial charge on any atom is 0.137 e. The van der Waals surface area contributed by atoms with Crippen LogP contribution in [0.3, 0.4) is 0 Å². The molecule has 3 nitrogen and oxygen atoms in total. The van der Waals surface area contributed by atoms with Gasteiger partial charge in [-0.05, 0) is 122 Å². The van der Waals surface area contributed by atoms with E-state index in [1.807, 2.05) is 35.6 Å². The van der Waals surface area contributed by atoms with Crippen molar-refractivity contribution in [3.05, 3.63) is 175 Å². The van der Waals surface area contributed by atoms with Crippen molar-refractivity contribution in [2.45, 2.75) is 19.3 Å². The van der Waals surface area contributed by atoms with Gasteiger partial charge in [0.15, 0.2) is 0 Å². The van der Waals surface area contributed by atoms with Crippen molar-refractivity contribution in [2.75, 3.05) is 4.90 Å². The van der Waals surface area contributed by atoms with E-state index in [9.17, 15) is 0 Å². The molecule has 0 saturated carbocycles. The third-order valence-corrected chi connectivity index (χ3v) is 14.5. The number of hydrogen-bond acceptors (Lipinski definition) is 4. The maximum atomic E-state index is 6.48. The zero-order chi connectivity index (χ0) is 38.7. The molecule has 0 aliphatic heterocycles. The van der Waals surface area contributed by atoms with Crippen LogP contribution < -0.4 is 4.90 Å². The minimum Gasteiger partial charge on any atom is -0.456 e. The van der Waals surface area contributed by atoms with Gasteiger partial charge in [0.25, 0.3) is 0 Å². The third-order valence-electron chi connectivity index (χ3n) is 13.4. The average molecular weight is 772 g/mol. The Bertz CT molecular complexity index is 3840. The van der Waals surface area contributed by atoms with Crippen molar-refractivity contribution in [2.24, 2.45) is 0 Å². The minimum absolute atomic E-state index is 0.0958. The molecule has 59 heavy (non-hydrogen) atoms. The van der Waals surface area contributed by atoms with Gasteiger partial charge in [-0.3, -0.25) is 0 Å². The number of thiophene rings is 1. The molecule has 0 bridgehead atoms. The second-order valence-corrected chi connectivity index (χ2v) is 17.9. The van der Waals surface area contributed by atoms with Gasteiger partial charge >= 0.3 is 0 Å². The first-order chi connectivity index (χ1) is 29.0. The topological polar surface area (TPSA) is 29.5 Å². The number of nitrogens with zero attached hydrogens (tertiary/aromatic N) is 1. The van der Waals surface area contributed by atoms with Gasteiger partial charge in [0.05, 0.1) is 0 Å². The summed E-state index contributed by atoms with van der Waals surface area (Å²) in [6, 6.07) is 60.0. The van der Waals surface area contributed by atoms with E-state index >= 15 is 0 Å². The van der Waals surface area contributed by atoms with Crippen LogP contribution in [-0.4, -0.2) is 0 Å². The van der Waals surface area contributed by atoms with E-state index in [1.54, 1.807) is 0 Å². The van der Waals surface area contributed by atoms with Crippen LogP contribution in [0.4, 0.5) is 17.1 Å². The summed E-state index contributed by atoms with van der Waals surface area (Å²) in [6.45, 7) is 4.80. The molecule has 0 atom stereocenters. The van der Waals surface area contributed by atoms with Crippen LogP contribution in [0.25, 0.3) is 108 Å². The van der Waals surface area contributed by atoms with E-state index in [0.717, 1.165) is 60.9 Å². The van der Waals surface area contributed by atoms with Gasteiger partial charge in [0, 0.05) is 70.3 Å². The van der Waals surface area contributed by atoms with Crippen LogP contribution in [-0.2, 0) is 5.41 Å². The van der Waals surface area contributed by atoms with E-state index < -0.39 is 0 Å². The molecule has 0 saturated heterocycles. The van der Waals surface area contributed by atoms with Crippen LogP contribution >= 0.6 is 11.3 Å². The first-order valence-electron chi connectivity index (χ1n) is 20.3. The molecule has 2 aliphatic rings. The highest BCUT2D eigenvalue weighted by Gasteiger charge is 2.40. The molecular formula is C55H33NO2S. The van der Waals surface area contributed by atoms with Crippen molar-refractivity contribution in [3.63, 3.8) is 0 Å². The number of para-hydroxylation sites is 2. The second kappa shape index (κ2) is 11.1. The molecule has 0 radical (unpaired) electrons. The van der Waals surface area contributed by atoms with Crippen LogP contribution in [0.1, 0.15) is 25.0 Å². The number of rotatable bonds is 4. The Hall–Kier alpha value is -7.14. The lowest BCUT2D eigenvalue weighted by atomic mass is 9.80. The smallest absolute Gasteiger partial charge is 0.137 e. The Kier molecular flexibility index (Phi) is 5.98. The summed E-state index contributed by atoms with van der Waals surface area (Å²) in [4.78, 5) is 2.36. The molecule has 0 spiro atoms. The number of furan rings is 2. The quantitative estimate of drug-likeness (QED) is 0.178. The summed E-state index contributed by atoms with van der Waals surface area (Å²) in [6.07, 6.45) is 0. The molecule has 3 aromatic heterocycles. The monoisotopic (exact) mass is 771 g/mol. The number of anilines is 3. The Labute approximate surface area is 343 Å². The Morgan fingerprint density at radius 2 is 1.07 bits per heavy atom. The molecule has 4 heteroatoms. The highest BCUT2D eigenvalue weighted by atomic mass is 32.1. The van der Waals surface area contributed by atoms with Gasteiger partial charge in [-0.1, -0.05) is 105 Å². The Morgan fingerprint density at radius 1 is 0.407 bits per heavy atom. The molecule has 276 valence electrons. The van der Waals surface area contributed by atoms with Crippen molar-refractivity contribution >= 4 is 103 Å². The summed E-state index contributed by atoms with van der Waals surface area (Å²) in [5, 5.41) is 9.90. The fourth-order valence-corrected chi connectivity index (χ4v) is 11.9. The van der Waals surface area contributed by atoms with Crippen LogP contribution in [0.15, 0.2) is 173 Å². The number of benzene rings is 9. The maximum absolute atomic E-state index is 6.48. The lowest BCUT2D eigenvalue weighted by Crippen LogP contribution is -2.15. The molecule has 0 amide bonds. The zero-order valence-electron chi connectivity index (χ0n) is 32.3. The summed E-state index contributed by atoms with van der Waals surface area (Å²) >= 11 is 1.92. The average Bonchev–Trinajstić information content (AvgIpc) is 3.99. The van der Waals surface area contributed by atoms with E-state index in [4.69, 9.17) is 8.83 Å². The molecule has 0 N–H and O–H groups in total. The predicted octanol–water partition coefficient (Wildman–Crippen LogP) is 16.4. The molecular weight excluding hydrogens is 739 g/mol. The fraction of sp³-hybridized carbons (Fsp3) is 0.0545. The molecule has 0 fully saturated rings. The van der Waals surface area contributed by atoms with Gasteiger partial charge in [-0.25, -0.2) is 0 Å². The lowest BCUT2D eigenvalue weighted by Gasteiger charge is -2.26. The van der Waals surface area contributed by atoms with Gasteiger partial charge < -0.3 is 13.7 Å². The molecule has 3 heterocycles. The van der Waals surface area contributed by atoms with E-state index in [1.165, 1.54) is 75.5 Å². The van der Waals surface area contributed by atoms with Gasteiger partial charge in [-0.15, -0.1) is 11.3 Å². The first-order valence-corrected chi connectivity index (χ1v) is 21.1. The lowest BCUT2D eigenvalue weighted by molar-refractivity contribution is 0.661. The standard InChI is InChI=1S/C55H33NO2S/c1-55(2)42-16-8-14-37-38-15-9-19-48-51(38)54-49(59-48)29-40(39-23-24-43(55)53(50(37)42)52(39)54)30-10-7-11-31(26-30)56(32-21-25-46-41(27-32)35-13-4-6-18-45(35)57-46)33-20-22-36-34-12-3-5-17-44(34)58-47(36)28-33/h3-29H,1-2H3. The second-order valence-electron chi connectivity index (χ2n) is 16.8. The summed E-state index contributed by atoms with van der Waals surface area (Å²) in [7, 11) is 0. The Morgan fingerprint density at radius 3 is 1.95 bits per heavy atom. The van der Waals surface area contributed by atoms with Crippen LogP contribution in [0.2, 0.25) is 0 Å². The normalized spacial score (nSPS) is 13.7. The largest absolute Gasteiger partial charge is 0.456 e. The fourth-order valence-electron chi connectivity index (χ4n) is 10.7. The summed E-state index contributed by atoms with van der Waals surface area (Å²) in [5.41, 5.74) is 17.4. The molecule has 2 aliphatic carbocycles. The van der Waals surface area contributed by atoms with E-state index in [2.05, 4.69) is 158 Å². The van der Waals surface area contributed by atoms with E-state index in [-0.39, 0.29) is 5.41 Å². The van der Waals surface area contributed by atoms with Crippen molar-refractivity contribution in [1.29, 1.82) is 0 Å². The highest BCUT2D eigenvalue weighted by molar-refractivity contribution is 7.26. The third kappa shape index (κ3) is 4.11. The van der Waals surface area contributed by atoms with Crippen molar-refractivity contribution < 1.29 is 8.83 Å². The van der Waals surface area contributed by atoms with Gasteiger partial charge in [0.1, 0.15) is 22.3 Å². The summed E-state index contributed by atoms with van der Waals surface area (Å²) in [5.74, 6) is 0. The van der Waals surface area contributed by atoms with Crippen molar-refractivity contribution in [3.8, 4) is 33.4 Å². The van der Waals surface area contributed by atoms with Gasteiger partial charge in [-0.2, -0.15) is 0 Å². The number of fused-ring (bicyclic) bond motifs is 7. The summed E-state index contributed by atoms with van der Waals surface area (Å²) < 4.78 is 15.5. The van der Waals surface area contributed by atoms with Crippen LogP contribution in [0.5, 0.6) is 0 Å². The molecule has 12 aromatic rings. The Balaban J connectivity index is 1.03. The highest BCUT2D eigenvalue weighted by Crippen LogP contribution is 2.60. The zero-order valence-corrected chi connectivity index (χ0v) is 33.1. The molecule has 14 rings (SSSR count). The first kappa shape index (κ1) is 31.9. The minimum atomic E-state index is -0.0958. The predicted molar refractivity (Wildman–Crippen MR) is 248 cm³/mol. The van der Waals surface area contributed by atoms with Gasteiger partial charge in [0.2, 0.25) is 0 Å². The number of hydrogen-bond donors (Lipinski definition) is 0. The van der Waals surface area contributed by atoms with E-state index in [0.29, 0.717) is 0 Å². The molecule has 0 unspecified atom stereocenters. The van der Waals surface area contributed by atoms with Crippen LogP contribution in [0, 0.1) is 0 Å². The SMILES string of the molecule is CC1(C)c2cccc3c2-c2c1ccc1c(-c4cccc(N(c5ccc6c(c5)oc5ccccc56)c5ccc6oc7ccccc7c6c5)c4)cc4sc5cccc-3c5c4c21. The molecule has 9 aromatic carbocycles.